The predicted octanol–water partition coefficient (Wildman–Crippen LogP) is 3.59. The van der Waals surface area contributed by atoms with Crippen LogP contribution in [0.2, 0.25) is 0 Å². The van der Waals surface area contributed by atoms with Gasteiger partial charge in [-0.3, -0.25) is 9.59 Å². The van der Waals surface area contributed by atoms with Crippen molar-refractivity contribution in [1.29, 1.82) is 0 Å². The second-order valence-corrected chi connectivity index (χ2v) is 5.94. The van der Waals surface area contributed by atoms with Crippen molar-refractivity contribution in [2.75, 3.05) is 0 Å². The van der Waals surface area contributed by atoms with Crippen LogP contribution in [0.1, 0.15) is 55.6 Å². The van der Waals surface area contributed by atoms with Gasteiger partial charge >= 0.3 is 5.97 Å². The van der Waals surface area contributed by atoms with Crippen molar-refractivity contribution in [2.45, 2.75) is 46.5 Å². The van der Waals surface area contributed by atoms with Crippen LogP contribution in [0.4, 0.5) is 0 Å². The third kappa shape index (κ3) is 3.43. The topological polar surface area (TPSA) is 54.4 Å². The molecular weight excluding hydrogens is 240 g/mol. The lowest BCUT2D eigenvalue weighted by Gasteiger charge is -2.21. The van der Waals surface area contributed by atoms with E-state index in [2.05, 4.69) is 20.8 Å². The number of hydrogen-bond donors (Lipinski definition) is 1. The Morgan fingerprint density at radius 2 is 1.84 bits per heavy atom. The van der Waals surface area contributed by atoms with Crippen LogP contribution in [0.5, 0.6) is 0 Å². The molecule has 0 bridgehead atoms. The van der Waals surface area contributed by atoms with Gasteiger partial charge in [-0.2, -0.15) is 0 Å². The standard InChI is InChI=1S/C16H22O3/c1-6-12(15(18)19)14(17)13-9-11(16(3,4)5)8-7-10(13)2/h7-9,12H,6H2,1-5H3,(H,18,19). The molecule has 1 N–H and O–H groups in total. The van der Waals surface area contributed by atoms with E-state index in [0.717, 1.165) is 11.1 Å². The number of hydrogen-bond acceptors (Lipinski definition) is 2. The number of benzene rings is 1. The quantitative estimate of drug-likeness (QED) is 0.666. The van der Waals surface area contributed by atoms with E-state index < -0.39 is 11.9 Å². The largest absolute Gasteiger partial charge is 0.481 e. The van der Waals surface area contributed by atoms with Crippen LogP contribution >= 0.6 is 0 Å². The molecule has 0 aliphatic carbocycles. The van der Waals surface area contributed by atoms with Gasteiger partial charge in [0.1, 0.15) is 5.92 Å². The number of carbonyl (C=O) groups excluding carboxylic acids is 1. The van der Waals surface area contributed by atoms with Crippen molar-refractivity contribution in [3.8, 4) is 0 Å². The van der Waals surface area contributed by atoms with Gasteiger partial charge in [0.25, 0.3) is 0 Å². The number of carboxylic acid groups (broad SMARTS) is 1. The third-order valence-corrected chi connectivity index (χ3v) is 3.39. The lowest BCUT2D eigenvalue weighted by Crippen LogP contribution is -2.24. The molecule has 0 heterocycles. The van der Waals surface area contributed by atoms with Crippen LogP contribution in [0.3, 0.4) is 0 Å². The van der Waals surface area contributed by atoms with E-state index in [4.69, 9.17) is 5.11 Å². The van der Waals surface area contributed by atoms with Crippen molar-refractivity contribution in [1.82, 2.24) is 0 Å². The van der Waals surface area contributed by atoms with Gasteiger partial charge < -0.3 is 5.11 Å². The Balaban J connectivity index is 3.26. The maximum Gasteiger partial charge on any atom is 0.314 e. The van der Waals surface area contributed by atoms with E-state index in [-0.39, 0.29) is 11.2 Å². The number of rotatable bonds is 4. The minimum absolute atomic E-state index is 0.0618. The zero-order valence-electron chi connectivity index (χ0n) is 12.3. The van der Waals surface area contributed by atoms with Gasteiger partial charge in [0.05, 0.1) is 0 Å². The summed E-state index contributed by atoms with van der Waals surface area (Å²) in [7, 11) is 0. The lowest BCUT2D eigenvalue weighted by molar-refractivity contribution is -0.140. The molecule has 0 amide bonds. The summed E-state index contributed by atoms with van der Waals surface area (Å²) in [5.74, 6) is -2.29. The third-order valence-electron chi connectivity index (χ3n) is 3.39. The van der Waals surface area contributed by atoms with Crippen LogP contribution in [0, 0.1) is 12.8 Å². The molecule has 3 nitrogen and oxygen atoms in total. The Labute approximate surface area is 114 Å². The lowest BCUT2D eigenvalue weighted by atomic mass is 9.83. The Morgan fingerprint density at radius 1 is 1.26 bits per heavy atom. The van der Waals surface area contributed by atoms with Crippen LogP contribution in [-0.2, 0) is 10.2 Å². The summed E-state index contributed by atoms with van der Waals surface area (Å²) in [6.45, 7) is 9.77. The molecule has 0 saturated carbocycles. The Hall–Kier alpha value is -1.64. The normalized spacial score (nSPS) is 13.1. The van der Waals surface area contributed by atoms with Gasteiger partial charge in [-0.1, -0.05) is 39.8 Å². The van der Waals surface area contributed by atoms with Crippen LogP contribution < -0.4 is 0 Å². The maximum absolute atomic E-state index is 12.3. The summed E-state index contributed by atoms with van der Waals surface area (Å²) >= 11 is 0. The Kier molecular flexibility index (Phi) is 4.51. The molecule has 1 atom stereocenters. The monoisotopic (exact) mass is 262 g/mol. The highest BCUT2D eigenvalue weighted by Gasteiger charge is 2.27. The molecule has 0 radical (unpaired) electrons. The molecule has 0 fully saturated rings. The first-order chi connectivity index (χ1) is 8.68. The molecule has 0 spiro atoms. The molecule has 0 aromatic heterocycles. The van der Waals surface area contributed by atoms with Gasteiger partial charge in [0, 0.05) is 5.56 Å². The zero-order valence-corrected chi connectivity index (χ0v) is 12.3. The second-order valence-electron chi connectivity index (χ2n) is 5.94. The minimum atomic E-state index is -1.05. The fourth-order valence-electron chi connectivity index (χ4n) is 2.01. The number of ketones is 1. The van der Waals surface area contributed by atoms with Gasteiger partial charge in [-0.25, -0.2) is 0 Å². The summed E-state index contributed by atoms with van der Waals surface area (Å²) in [6.07, 6.45) is 0.313. The van der Waals surface area contributed by atoms with Crippen molar-refractivity contribution in [2.24, 2.45) is 5.92 Å². The van der Waals surface area contributed by atoms with Gasteiger partial charge in [0.15, 0.2) is 5.78 Å². The highest BCUT2D eigenvalue weighted by Crippen LogP contribution is 2.26. The van der Waals surface area contributed by atoms with Crippen molar-refractivity contribution >= 4 is 11.8 Å². The fraction of sp³-hybridized carbons (Fsp3) is 0.500. The minimum Gasteiger partial charge on any atom is -0.481 e. The summed E-state index contributed by atoms with van der Waals surface area (Å²) in [5.41, 5.74) is 2.34. The van der Waals surface area contributed by atoms with Crippen LogP contribution in [-0.4, -0.2) is 16.9 Å². The first-order valence-electron chi connectivity index (χ1n) is 6.56. The van der Waals surface area contributed by atoms with Crippen LogP contribution in [0.15, 0.2) is 18.2 Å². The number of Topliss-reactive ketones (excluding diaryl/α,β-unsaturated/α-hetero) is 1. The van der Waals surface area contributed by atoms with Gasteiger partial charge in [-0.15, -0.1) is 0 Å². The molecule has 0 aliphatic heterocycles. The molecule has 0 aliphatic rings. The fourth-order valence-corrected chi connectivity index (χ4v) is 2.01. The molecule has 1 unspecified atom stereocenters. The molecule has 19 heavy (non-hydrogen) atoms. The number of aryl methyl sites for hydroxylation is 1. The van der Waals surface area contributed by atoms with Crippen LogP contribution in [0.25, 0.3) is 0 Å². The highest BCUT2D eigenvalue weighted by atomic mass is 16.4. The molecular formula is C16H22O3. The molecule has 3 heteroatoms. The number of carbonyl (C=O) groups is 2. The van der Waals surface area contributed by atoms with E-state index in [1.807, 2.05) is 25.1 Å². The average Bonchev–Trinajstić information content (AvgIpc) is 2.28. The molecule has 1 aromatic carbocycles. The van der Waals surface area contributed by atoms with E-state index in [1.165, 1.54) is 0 Å². The van der Waals surface area contributed by atoms with Crippen molar-refractivity contribution < 1.29 is 14.7 Å². The molecule has 1 rings (SSSR count). The summed E-state index contributed by atoms with van der Waals surface area (Å²) in [4.78, 5) is 23.5. The average molecular weight is 262 g/mol. The highest BCUT2D eigenvalue weighted by molar-refractivity contribution is 6.09. The SMILES string of the molecule is CCC(C(=O)O)C(=O)c1cc(C(C)(C)C)ccc1C. The summed E-state index contributed by atoms with van der Waals surface area (Å²) in [5, 5.41) is 9.10. The molecule has 104 valence electrons. The van der Waals surface area contributed by atoms with E-state index in [0.29, 0.717) is 12.0 Å². The van der Waals surface area contributed by atoms with Crippen molar-refractivity contribution in [3.05, 3.63) is 34.9 Å². The van der Waals surface area contributed by atoms with Gasteiger partial charge in [-0.05, 0) is 36.0 Å². The molecule has 1 aromatic rings. The second kappa shape index (κ2) is 5.55. The number of carboxylic acids is 1. The van der Waals surface area contributed by atoms with E-state index in [9.17, 15) is 9.59 Å². The smallest absolute Gasteiger partial charge is 0.314 e. The first-order valence-corrected chi connectivity index (χ1v) is 6.56. The zero-order chi connectivity index (χ0) is 14.8. The summed E-state index contributed by atoms with van der Waals surface area (Å²) in [6, 6.07) is 5.72. The molecule has 0 saturated heterocycles. The Morgan fingerprint density at radius 3 is 2.26 bits per heavy atom. The Bertz CT molecular complexity index is 495. The first kappa shape index (κ1) is 15.4. The van der Waals surface area contributed by atoms with Crippen molar-refractivity contribution in [3.63, 3.8) is 0 Å². The van der Waals surface area contributed by atoms with Gasteiger partial charge in [0.2, 0.25) is 0 Å². The van der Waals surface area contributed by atoms with E-state index >= 15 is 0 Å². The summed E-state index contributed by atoms with van der Waals surface area (Å²) < 4.78 is 0. The maximum atomic E-state index is 12.3. The number of aliphatic carboxylic acids is 1. The predicted molar refractivity (Wildman–Crippen MR) is 75.6 cm³/mol. The van der Waals surface area contributed by atoms with E-state index in [1.54, 1.807) is 6.92 Å².